The lowest BCUT2D eigenvalue weighted by atomic mass is 10.2. The Morgan fingerprint density at radius 3 is 2.50 bits per heavy atom. The maximum Gasteiger partial charge on any atom is 0.251 e. The molecular formula is C16H15Cl2NO. The van der Waals surface area contributed by atoms with Crippen LogP contribution in [0.5, 0.6) is 0 Å². The van der Waals surface area contributed by atoms with Gasteiger partial charge in [-0.15, -0.1) is 0 Å². The van der Waals surface area contributed by atoms with Crippen LogP contribution in [-0.2, 0) is 6.54 Å². The van der Waals surface area contributed by atoms with Gasteiger partial charge in [0, 0.05) is 17.6 Å². The van der Waals surface area contributed by atoms with Crippen molar-refractivity contribution in [3.05, 3.63) is 74.6 Å². The van der Waals surface area contributed by atoms with Crippen molar-refractivity contribution in [2.75, 3.05) is 0 Å². The Bertz CT molecular complexity index is 644. The van der Waals surface area contributed by atoms with Crippen molar-refractivity contribution in [1.82, 2.24) is 4.57 Å². The first kappa shape index (κ1) is 14.9. The third-order valence-electron chi connectivity index (χ3n) is 2.93. The zero-order valence-corrected chi connectivity index (χ0v) is 12.4. The standard InChI is InChI=1S/C16H15Cl2NO/c17-14-10-8-13(9-11-14)5-2-1-3-12-19-15(18)6-4-7-16(19)20/h2,4-11H,1,3,12H2/b5-2+. The van der Waals surface area contributed by atoms with Crippen molar-refractivity contribution in [3.63, 3.8) is 0 Å². The van der Waals surface area contributed by atoms with E-state index >= 15 is 0 Å². The molecule has 0 aliphatic carbocycles. The first-order valence-corrected chi connectivity index (χ1v) is 7.20. The molecule has 0 amide bonds. The quantitative estimate of drug-likeness (QED) is 0.582. The second kappa shape index (κ2) is 7.32. The molecule has 0 aliphatic rings. The second-order valence-corrected chi connectivity index (χ2v) is 5.26. The van der Waals surface area contributed by atoms with E-state index in [-0.39, 0.29) is 5.56 Å². The van der Waals surface area contributed by atoms with Crippen LogP contribution in [0.4, 0.5) is 0 Å². The summed E-state index contributed by atoms with van der Waals surface area (Å²) in [7, 11) is 0. The average molecular weight is 308 g/mol. The topological polar surface area (TPSA) is 22.0 Å². The molecule has 0 atom stereocenters. The van der Waals surface area contributed by atoms with Crippen LogP contribution in [0.2, 0.25) is 10.2 Å². The molecule has 0 bridgehead atoms. The first-order chi connectivity index (χ1) is 9.66. The summed E-state index contributed by atoms with van der Waals surface area (Å²) in [6, 6.07) is 12.6. The Morgan fingerprint density at radius 1 is 1.05 bits per heavy atom. The van der Waals surface area contributed by atoms with Crippen molar-refractivity contribution in [1.29, 1.82) is 0 Å². The fourth-order valence-corrected chi connectivity index (χ4v) is 2.24. The van der Waals surface area contributed by atoms with E-state index in [1.807, 2.05) is 30.3 Å². The second-order valence-electron chi connectivity index (χ2n) is 4.43. The van der Waals surface area contributed by atoms with Gasteiger partial charge in [-0.2, -0.15) is 0 Å². The van der Waals surface area contributed by atoms with Crippen LogP contribution in [0, 0.1) is 0 Å². The van der Waals surface area contributed by atoms with Crippen LogP contribution in [0.3, 0.4) is 0 Å². The van der Waals surface area contributed by atoms with Crippen LogP contribution in [0.15, 0.2) is 53.3 Å². The molecule has 1 heterocycles. The number of rotatable bonds is 5. The summed E-state index contributed by atoms with van der Waals surface area (Å²) in [5.41, 5.74) is 1.06. The summed E-state index contributed by atoms with van der Waals surface area (Å²) in [5, 5.41) is 1.22. The minimum atomic E-state index is -0.0563. The summed E-state index contributed by atoms with van der Waals surface area (Å²) in [6.45, 7) is 0.628. The molecule has 1 aromatic heterocycles. The van der Waals surface area contributed by atoms with Crippen LogP contribution in [0.25, 0.3) is 6.08 Å². The molecule has 2 rings (SSSR count). The lowest BCUT2D eigenvalue weighted by molar-refractivity contribution is 0.630. The Morgan fingerprint density at radius 2 is 1.80 bits per heavy atom. The number of aromatic nitrogens is 1. The predicted octanol–water partition coefficient (Wildman–Crippen LogP) is 4.65. The van der Waals surface area contributed by atoms with Gasteiger partial charge >= 0.3 is 0 Å². The van der Waals surface area contributed by atoms with Gasteiger partial charge in [0.25, 0.3) is 5.56 Å². The van der Waals surface area contributed by atoms with Crippen LogP contribution in [-0.4, -0.2) is 4.57 Å². The molecule has 0 radical (unpaired) electrons. The number of benzene rings is 1. The van der Waals surface area contributed by atoms with Gasteiger partial charge in [-0.05, 0) is 36.6 Å². The SMILES string of the molecule is O=c1cccc(Cl)n1CCC/C=C/c1ccc(Cl)cc1. The molecule has 0 fully saturated rings. The van der Waals surface area contributed by atoms with Crippen molar-refractivity contribution in [2.24, 2.45) is 0 Å². The normalized spacial score (nSPS) is 11.1. The minimum Gasteiger partial charge on any atom is -0.299 e. The van der Waals surface area contributed by atoms with Gasteiger partial charge in [-0.1, -0.05) is 53.6 Å². The number of pyridine rings is 1. The molecule has 0 spiro atoms. The fourth-order valence-electron chi connectivity index (χ4n) is 1.87. The lowest BCUT2D eigenvalue weighted by Gasteiger charge is -2.06. The van der Waals surface area contributed by atoms with Gasteiger partial charge in [-0.3, -0.25) is 9.36 Å². The monoisotopic (exact) mass is 307 g/mol. The molecule has 0 N–H and O–H groups in total. The van der Waals surface area contributed by atoms with Gasteiger partial charge in [-0.25, -0.2) is 0 Å². The van der Waals surface area contributed by atoms with Crippen molar-refractivity contribution in [2.45, 2.75) is 19.4 Å². The number of nitrogens with zero attached hydrogens (tertiary/aromatic N) is 1. The highest BCUT2D eigenvalue weighted by Crippen LogP contribution is 2.11. The van der Waals surface area contributed by atoms with E-state index in [9.17, 15) is 4.79 Å². The third-order valence-corrected chi connectivity index (χ3v) is 3.51. The highest BCUT2D eigenvalue weighted by molar-refractivity contribution is 6.30. The molecule has 104 valence electrons. The molecule has 2 nitrogen and oxygen atoms in total. The van der Waals surface area contributed by atoms with Crippen molar-refractivity contribution < 1.29 is 0 Å². The van der Waals surface area contributed by atoms with Gasteiger partial charge in [0.1, 0.15) is 5.15 Å². The highest BCUT2D eigenvalue weighted by Gasteiger charge is 1.99. The first-order valence-electron chi connectivity index (χ1n) is 6.44. The number of halogens is 2. The largest absolute Gasteiger partial charge is 0.299 e. The number of hydrogen-bond donors (Lipinski definition) is 0. The molecule has 1 aromatic carbocycles. The van der Waals surface area contributed by atoms with Crippen LogP contribution >= 0.6 is 23.2 Å². The van der Waals surface area contributed by atoms with Crippen LogP contribution < -0.4 is 5.56 Å². The highest BCUT2D eigenvalue weighted by atomic mass is 35.5. The van der Waals surface area contributed by atoms with Gasteiger partial charge < -0.3 is 0 Å². The molecular weight excluding hydrogens is 293 g/mol. The van der Waals surface area contributed by atoms with E-state index in [4.69, 9.17) is 23.2 Å². The molecule has 0 saturated carbocycles. The molecule has 4 heteroatoms. The van der Waals surface area contributed by atoms with E-state index in [1.54, 1.807) is 16.7 Å². The van der Waals surface area contributed by atoms with E-state index in [0.717, 1.165) is 23.4 Å². The molecule has 0 saturated heterocycles. The predicted molar refractivity (Wildman–Crippen MR) is 85.4 cm³/mol. The zero-order chi connectivity index (χ0) is 14.4. The average Bonchev–Trinajstić information content (AvgIpc) is 2.43. The van der Waals surface area contributed by atoms with Gasteiger partial charge in [0.15, 0.2) is 0 Å². The van der Waals surface area contributed by atoms with Gasteiger partial charge in [0.2, 0.25) is 0 Å². The number of allylic oxidation sites excluding steroid dienone is 1. The maximum atomic E-state index is 11.6. The molecule has 0 unspecified atom stereocenters. The summed E-state index contributed by atoms with van der Waals surface area (Å²) < 4.78 is 1.58. The summed E-state index contributed by atoms with van der Waals surface area (Å²) in [6.07, 6.45) is 5.89. The van der Waals surface area contributed by atoms with Crippen molar-refractivity contribution >= 4 is 29.3 Å². The minimum absolute atomic E-state index is 0.0563. The van der Waals surface area contributed by atoms with Gasteiger partial charge in [0.05, 0.1) is 0 Å². The summed E-state index contributed by atoms with van der Waals surface area (Å²) >= 11 is 11.8. The summed E-state index contributed by atoms with van der Waals surface area (Å²) in [5.74, 6) is 0. The van der Waals surface area contributed by atoms with E-state index in [1.165, 1.54) is 6.07 Å². The summed E-state index contributed by atoms with van der Waals surface area (Å²) in [4.78, 5) is 11.6. The number of unbranched alkanes of at least 4 members (excludes halogenated alkanes) is 1. The van der Waals surface area contributed by atoms with E-state index in [2.05, 4.69) is 6.08 Å². The molecule has 2 aromatic rings. The van der Waals surface area contributed by atoms with E-state index in [0.29, 0.717) is 11.7 Å². The maximum absolute atomic E-state index is 11.6. The molecule has 0 aliphatic heterocycles. The van der Waals surface area contributed by atoms with Crippen LogP contribution in [0.1, 0.15) is 18.4 Å². The zero-order valence-electron chi connectivity index (χ0n) is 10.9. The van der Waals surface area contributed by atoms with Crippen molar-refractivity contribution in [3.8, 4) is 0 Å². The lowest BCUT2D eigenvalue weighted by Crippen LogP contribution is -2.19. The third kappa shape index (κ3) is 4.26. The Hall–Kier alpha value is -1.51. The smallest absolute Gasteiger partial charge is 0.251 e. The number of hydrogen-bond acceptors (Lipinski definition) is 1. The molecule has 20 heavy (non-hydrogen) atoms. The Kier molecular flexibility index (Phi) is 5.45. The fraction of sp³-hybridized carbons (Fsp3) is 0.188. The Balaban J connectivity index is 1.85. The Labute approximate surface area is 128 Å². The van der Waals surface area contributed by atoms with E-state index < -0.39 is 0 Å².